The number of piperidine rings is 1. The summed E-state index contributed by atoms with van der Waals surface area (Å²) in [7, 11) is 0. The molecule has 1 amide bonds. The van der Waals surface area contributed by atoms with Crippen LogP contribution in [0.3, 0.4) is 0 Å². The molecule has 29 heavy (non-hydrogen) atoms. The number of nitrogens with one attached hydrogen (secondary N) is 1. The van der Waals surface area contributed by atoms with E-state index in [1.807, 2.05) is 43.0 Å². The van der Waals surface area contributed by atoms with Crippen molar-refractivity contribution < 1.29 is 14.3 Å². The van der Waals surface area contributed by atoms with Gasteiger partial charge in [0.05, 0.1) is 12.1 Å². The van der Waals surface area contributed by atoms with Gasteiger partial charge in [0.15, 0.2) is 11.5 Å². The Morgan fingerprint density at radius 3 is 2.76 bits per heavy atom. The number of para-hydroxylation sites is 2. The first kappa shape index (κ1) is 21.2. The molecular weight excluding hydrogens is 364 g/mol. The summed E-state index contributed by atoms with van der Waals surface area (Å²) in [6.45, 7) is 6.96. The van der Waals surface area contributed by atoms with Crippen LogP contribution in [-0.4, -0.2) is 37.1 Å². The Hall–Kier alpha value is -2.53. The van der Waals surface area contributed by atoms with Crippen LogP contribution in [0.15, 0.2) is 48.5 Å². The second-order valence-electron chi connectivity index (χ2n) is 7.74. The Balaban J connectivity index is 1.47. The summed E-state index contributed by atoms with van der Waals surface area (Å²) in [6, 6.07) is 16.5. The minimum absolute atomic E-state index is 0.115. The van der Waals surface area contributed by atoms with Crippen LogP contribution >= 0.6 is 0 Å². The number of carbonyl (C=O) groups excluding carboxylic acids is 1. The molecule has 0 bridgehead atoms. The monoisotopic (exact) mass is 396 g/mol. The molecule has 1 aliphatic heterocycles. The van der Waals surface area contributed by atoms with Gasteiger partial charge in [0.2, 0.25) is 6.41 Å². The van der Waals surface area contributed by atoms with Crippen molar-refractivity contribution in [3.63, 3.8) is 0 Å². The molecular formula is C24H32N2O3. The van der Waals surface area contributed by atoms with E-state index < -0.39 is 0 Å². The van der Waals surface area contributed by atoms with Gasteiger partial charge in [-0.2, -0.15) is 0 Å². The number of nitrogens with zero attached hydrogens (tertiary/aromatic N) is 1. The van der Waals surface area contributed by atoms with Gasteiger partial charge in [0.25, 0.3) is 0 Å². The van der Waals surface area contributed by atoms with E-state index >= 15 is 0 Å². The maximum atomic E-state index is 11.4. The molecule has 0 spiro atoms. The van der Waals surface area contributed by atoms with Crippen LogP contribution in [0.25, 0.3) is 0 Å². The molecule has 1 unspecified atom stereocenters. The quantitative estimate of drug-likeness (QED) is 0.480. The van der Waals surface area contributed by atoms with Crippen LogP contribution in [0.2, 0.25) is 0 Å². The van der Waals surface area contributed by atoms with Gasteiger partial charge < -0.3 is 19.7 Å². The third-order valence-corrected chi connectivity index (χ3v) is 5.09. The topological polar surface area (TPSA) is 50.8 Å². The highest BCUT2D eigenvalue weighted by Gasteiger charge is 2.22. The summed E-state index contributed by atoms with van der Waals surface area (Å²) < 4.78 is 11.7. The van der Waals surface area contributed by atoms with Crippen molar-refractivity contribution in [1.29, 1.82) is 0 Å². The second-order valence-corrected chi connectivity index (χ2v) is 7.74. The lowest BCUT2D eigenvalue weighted by molar-refractivity contribution is -0.121. The van der Waals surface area contributed by atoms with Gasteiger partial charge in [-0.3, -0.25) is 4.79 Å². The lowest BCUT2D eigenvalue weighted by atomic mass is 9.94. The molecule has 2 aromatic rings. The molecule has 1 aliphatic rings. The van der Waals surface area contributed by atoms with Crippen molar-refractivity contribution >= 4 is 6.41 Å². The maximum absolute atomic E-state index is 11.4. The Morgan fingerprint density at radius 2 is 1.97 bits per heavy atom. The zero-order valence-corrected chi connectivity index (χ0v) is 17.5. The standard InChI is InChI=1S/C24H32N2O3/c1-19(2)29-24-12-4-3-11-23(24)28-15-13-25-17-20-8-7-9-21(16-20)22-10-5-6-14-26(22)18-27/h3-4,7-9,11-12,16,18-19,22,25H,5-6,10,13-15,17H2,1-2H3. The lowest BCUT2D eigenvalue weighted by Gasteiger charge is -2.33. The van der Waals surface area contributed by atoms with Crippen LogP contribution in [0, 0.1) is 0 Å². The van der Waals surface area contributed by atoms with Crippen molar-refractivity contribution in [3.8, 4) is 11.5 Å². The number of carbonyl (C=O) groups is 1. The molecule has 3 rings (SSSR count). The van der Waals surface area contributed by atoms with Gasteiger partial charge in [-0.1, -0.05) is 36.4 Å². The van der Waals surface area contributed by atoms with Gasteiger partial charge >= 0.3 is 0 Å². The molecule has 1 heterocycles. The van der Waals surface area contributed by atoms with E-state index in [1.165, 1.54) is 17.5 Å². The Bertz CT molecular complexity index is 778. The number of rotatable bonds is 10. The Labute approximate surface area is 174 Å². The molecule has 5 heteroatoms. The number of ether oxygens (including phenoxy) is 2. The van der Waals surface area contributed by atoms with E-state index in [9.17, 15) is 4.79 Å². The summed E-state index contributed by atoms with van der Waals surface area (Å²) in [5, 5.41) is 3.44. The molecule has 5 nitrogen and oxygen atoms in total. The summed E-state index contributed by atoms with van der Waals surface area (Å²) in [5.74, 6) is 1.55. The van der Waals surface area contributed by atoms with Crippen LogP contribution in [0.4, 0.5) is 0 Å². The fourth-order valence-corrected chi connectivity index (χ4v) is 3.73. The summed E-state index contributed by atoms with van der Waals surface area (Å²) >= 11 is 0. The predicted molar refractivity (Wildman–Crippen MR) is 115 cm³/mol. The first-order valence-corrected chi connectivity index (χ1v) is 10.6. The molecule has 1 saturated heterocycles. The average Bonchev–Trinajstić information content (AvgIpc) is 2.74. The number of hydrogen-bond acceptors (Lipinski definition) is 4. The van der Waals surface area contributed by atoms with Gasteiger partial charge in [-0.25, -0.2) is 0 Å². The van der Waals surface area contributed by atoms with E-state index in [4.69, 9.17) is 9.47 Å². The third-order valence-electron chi connectivity index (χ3n) is 5.09. The molecule has 1 fully saturated rings. The first-order valence-electron chi connectivity index (χ1n) is 10.6. The third kappa shape index (κ3) is 6.23. The van der Waals surface area contributed by atoms with Gasteiger partial charge in [0.1, 0.15) is 6.61 Å². The second kappa shape index (κ2) is 10.9. The van der Waals surface area contributed by atoms with Crippen molar-refractivity contribution in [2.75, 3.05) is 19.7 Å². The van der Waals surface area contributed by atoms with Crippen molar-refractivity contribution in [2.24, 2.45) is 0 Å². The van der Waals surface area contributed by atoms with E-state index in [0.29, 0.717) is 6.61 Å². The number of benzene rings is 2. The minimum Gasteiger partial charge on any atom is -0.488 e. The highest BCUT2D eigenvalue weighted by molar-refractivity contribution is 5.49. The van der Waals surface area contributed by atoms with Crippen LogP contribution in [0.1, 0.15) is 50.3 Å². The highest BCUT2D eigenvalue weighted by Crippen LogP contribution is 2.30. The van der Waals surface area contributed by atoms with E-state index in [1.54, 1.807) is 0 Å². The van der Waals surface area contributed by atoms with Crippen LogP contribution in [0.5, 0.6) is 11.5 Å². The average molecular weight is 397 g/mol. The predicted octanol–water partition coefficient (Wildman–Crippen LogP) is 4.33. The Morgan fingerprint density at radius 1 is 1.14 bits per heavy atom. The van der Waals surface area contributed by atoms with Gasteiger partial charge in [-0.15, -0.1) is 0 Å². The van der Waals surface area contributed by atoms with Crippen molar-refractivity contribution in [1.82, 2.24) is 10.2 Å². The fraction of sp³-hybridized carbons (Fsp3) is 0.458. The highest BCUT2D eigenvalue weighted by atomic mass is 16.5. The molecule has 0 aromatic heterocycles. The SMILES string of the molecule is CC(C)Oc1ccccc1OCCNCc1cccc(C2CCCCN2C=O)c1. The van der Waals surface area contributed by atoms with E-state index in [-0.39, 0.29) is 12.1 Å². The number of amides is 1. The van der Waals surface area contributed by atoms with Crippen LogP contribution < -0.4 is 14.8 Å². The normalized spacial score (nSPS) is 16.7. The minimum atomic E-state index is 0.115. The molecule has 156 valence electrons. The van der Waals surface area contributed by atoms with Crippen molar-refractivity contribution in [3.05, 3.63) is 59.7 Å². The fourth-order valence-electron chi connectivity index (χ4n) is 3.73. The van der Waals surface area contributed by atoms with E-state index in [0.717, 1.165) is 50.4 Å². The number of hydrogen-bond donors (Lipinski definition) is 1. The van der Waals surface area contributed by atoms with E-state index in [2.05, 4.69) is 29.6 Å². The zero-order chi connectivity index (χ0) is 20.5. The van der Waals surface area contributed by atoms with Gasteiger partial charge in [-0.05, 0) is 56.4 Å². The molecule has 0 radical (unpaired) electrons. The summed E-state index contributed by atoms with van der Waals surface area (Å²) in [6.07, 6.45) is 4.43. The number of likely N-dealkylation sites (tertiary alicyclic amines) is 1. The Kier molecular flexibility index (Phi) is 7.94. The maximum Gasteiger partial charge on any atom is 0.210 e. The largest absolute Gasteiger partial charge is 0.488 e. The molecule has 1 atom stereocenters. The zero-order valence-electron chi connectivity index (χ0n) is 17.5. The van der Waals surface area contributed by atoms with Crippen molar-refractivity contribution in [2.45, 2.75) is 51.8 Å². The first-order chi connectivity index (χ1) is 14.2. The molecule has 0 saturated carbocycles. The van der Waals surface area contributed by atoms with Crippen LogP contribution in [-0.2, 0) is 11.3 Å². The molecule has 0 aliphatic carbocycles. The smallest absolute Gasteiger partial charge is 0.210 e. The summed E-state index contributed by atoms with van der Waals surface area (Å²) in [4.78, 5) is 13.3. The van der Waals surface area contributed by atoms with Gasteiger partial charge in [0, 0.05) is 19.6 Å². The molecule has 2 aromatic carbocycles. The summed E-state index contributed by atoms with van der Waals surface area (Å²) in [5.41, 5.74) is 2.45. The molecule has 1 N–H and O–H groups in total. The lowest BCUT2D eigenvalue weighted by Crippen LogP contribution is -2.32.